The Morgan fingerprint density at radius 1 is 1.18 bits per heavy atom. The summed E-state index contributed by atoms with van der Waals surface area (Å²) in [5.74, 6) is 1.44. The van der Waals surface area contributed by atoms with E-state index in [-0.39, 0.29) is 23.8 Å². The molecule has 2 aromatic rings. The largest absolute Gasteiger partial charge is 0.492 e. The van der Waals surface area contributed by atoms with Crippen LogP contribution in [-0.2, 0) is 14.9 Å². The third-order valence-corrected chi connectivity index (χ3v) is 5.55. The van der Waals surface area contributed by atoms with Gasteiger partial charge >= 0.3 is 12.1 Å². The summed E-state index contributed by atoms with van der Waals surface area (Å²) >= 11 is 0. The number of aromatic nitrogens is 2. The molecule has 0 bridgehead atoms. The van der Waals surface area contributed by atoms with Gasteiger partial charge in [-0.25, -0.2) is 14.8 Å². The zero-order chi connectivity index (χ0) is 23.6. The lowest BCUT2D eigenvalue weighted by Gasteiger charge is -2.19. The van der Waals surface area contributed by atoms with Gasteiger partial charge < -0.3 is 24.8 Å². The van der Waals surface area contributed by atoms with Crippen LogP contribution in [-0.4, -0.2) is 40.7 Å². The Morgan fingerprint density at radius 3 is 2.58 bits per heavy atom. The molecule has 2 amide bonds. The Morgan fingerprint density at radius 2 is 1.91 bits per heavy atom. The monoisotopic (exact) mass is 454 g/mol. The third kappa shape index (κ3) is 5.53. The number of carbonyl (C=O) groups is 2. The van der Waals surface area contributed by atoms with E-state index in [0.29, 0.717) is 25.3 Å². The van der Waals surface area contributed by atoms with Crippen LogP contribution in [0, 0.1) is 6.92 Å². The minimum atomic E-state index is -0.552. The maximum absolute atomic E-state index is 12.1. The van der Waals surface area contributed by atoms with Crippen LogP contribution in [0.3, 0.4) is 0 Å². The molecule has 9 heteroatoms. The fourth-order valence-corrected chi connectivity index (χ4v) is 3.78. The van der Waals surface area contributed by atoms with Gasteiger partial charge in [-0.15, -0.1) is 0 Å². The number of amides is 2. The van der Waals surface area contributed by atoms with Crippen LogP contribution < -0.4 is 20.1 Å². The zero-order valence-electron chi connectivity index (χ0n) is 19.5. The molecule has 1 aliphatic carbocycles. The molecule has 0 atom stereocenters. The van der Waals surface area contributed by atoms with Crippen LogP contribution in [0.5, 0.6) is 17.5 Å². The molecule has 0 saturated heterocycles. The van der Waals surface area contributed by atoms with E-state index in [1.54, 1.807) is 20.8 Å². The molecule has 2 N–H and O–H groups in total. The highest BCUT2D eigenvalue weighted by Gasteiger charge is 2.53. The van der Waals surface area contributed by atoms with Crippen molar-refractivity contribution in [1.82, 2.24) is 15.3 Å². The number of nitrogens with zero attached hydrogens (tertiary/aromatic N) is 2. The summed E-state index contributed by atoms with van der Waals surface area (Å²) in [4.78, 5) is 32.2. The second-order valence-corrected chi connectivity index (χ2v) is 9.59. The first kappa shape index (κ1) is 22.8. The minimum Gasteiger partial charge on any atom is -0.492 e. The Labute approximate surface area is 193 Å². The number of aryl methyl sites for hydroxylation is 1. The summed E-state index contributed by atoms with van der Waals surface area (Å²) in [5.41, 5.74) is 2.21. The lowest BCUT2D eigenvalue weighted by Crippen LogP contribution is -2.33. The van der Waals surface area contributed by atoms with Gasteiger partial charge in [0.25, 0.3) is 0 Å². The molecule has 1 aromatic heterocycles. The molecule has 4 rings (SSSR count). The van der Waals surface area contributed by atoms with Gasteiger partial charge in [-0.3, -0.25) is 4.79 Å². The van der Waals surface area contributed by atoms with E-state index < -0.39 is 11.7 Å². The number of carbonyl (C=O) groups excluding carboxylic acids is 2. The fraction of sp³-hybridized carbons (Fsp3) is 0.500. The molecule has 1 aromatic carbocycles. The van der Waals surface area contributed by atoms with Crippen molar-refractivity contribution < 1.29 is 23.8 Å². The van der Waals surface area contributed by atoms with E-state index in [0.717, 1.165) is 35.5 Å². The number of nitrogens with one attached hydrogen (secondary N) is 2. The molecule has 1 aliphatic heterocycles. The topological polar surface area (TPSA) is 112 Å². The Balaban J connectivity index is 1.26. The lowest BCUT2D eigenvalue weighted by atomic mass is 9.95. The summed E-state index contributed by atoms with van der Waals surface area (Å²) in [6.07, 6.45) is 5.44. The molecule has 33 heavy (non-hydrogen) atoms. The molecule has 9 nitrogen and oxygen atoms in total. The van der Waals surface area contributed by atoms with Crippen molar-refractivity contribution in [3.63, 3.8) is 0 Å². The van der Waals surface area contributed by atoms with E-state index in [1.165, 1.54) is 12.4 Å². The molecule has 0 unspecified atom stereocenters. The molecule has 2 aliphatic rings. The number of hydrogen-bond acceptors (Lipinski definition) is 7. The molecular formula is C24H30N4O5. The normalized spacial score (nSPS) is 15.4. The predicted octanol–water partition coefficient (Wildman–Crippen LogP) is 4.24. The molecule has 1 fully saturated rings. The second kappa shape index (κ2) is 8.88. The van der Waals surface area contributed by atoms with Crippen LogP contribution in [0.1, 0.15) is 57.6 Å². The van der Waals surface area contributed by atoms with E-state index in [4.69, 9.17) is 14.2 Å². The van der Waals surface area contributed by atoms with Crippen molar-refractivity contribution in [1.29, 1.82) is 0 Å². The van der Waals surface area contributed by atoms with Gasteiger partial charge in [0, 0.05) is 23.9 Å². The summed E-state index contributed by atoms with van der Waals surface area (Å²) in [7, 11) is 0. The Hall–Kier alpha value is -3.36. The SMILES string of the molecule is Cc1ccc(Oc2ncc(NC(=O)CCCNC(=O)OC(C)(C)C)cn2)c2c1OCC21CC1. The number of benzene rings is 1. The first-order valence-corrected chi connectivity index (χ1v) is 11.2. The number of ether oxygens (including phenoxy) is 3. The van der Waals surface area contributed by atoms with Crippen LogP contribution in [0.2, 0.25) is 0 Å². The number of rotatable bonds is 7. The van der Waals surface area contributed by atoms with E-state index in [2.05, 4.69) is 20.6 Å². The van der Waals surface area contributed by atoms with Gasteiger partial charge in [0.15, 0.2) is 0 Å². The maximum atomic E-state index is 12.1. The van der Waals surface area contributed by atoms with Crippen molar-refractivity contribution in [3.05, 3.63) is 35.7 Å². The Kier molecular flexibility index (Phi) is 6.14. The molecule has 2 heterocycles. The first-order chi connectivity index (χ1) is 15.7. The maximum Gasteiger partial charge on any atom is 0.407 e. The zero-order valence-corrected chi connectivity index (χ0v) is 19.5. The summed E-state index contributed by atoms with van der Waals surface area (Å²) < 4.78 is 17.1. The van der Waals surface area contributed by atoms with Gasteiger partial charge in [-0.2, -0.15) is 0 Å². The lowest BCUT2D eigenvalue weighted by molar-refractivity contribution is -0.116. The smallest absolute Gasteiger partial charge is 0.407 e. The average Bonchev–Trinajstić information content (AvgIpc) is 3.41. The minimum absolute atomic E-state index is 0.0724. The number of fused-ring (bicyclic) bond motifs is 2. The van der Waals surface area contributed by atoms with Crippen molar-refractivity contribution in [3.8, 4) is 17.5 Å². The van der Waals surface area contributed by atoms with Crippen LogP contribution in [0.25, 0.3) is 0 Å². The molecule has 1 saturated carbocycles. The van der Waals surface area contributed by atoms with E-state index >= 15 is 0 Å². The van der Waals surface area contributed by atoms with E-state index in [9.17, 15) is 9.59 Å². The highest BCUT2D eigenvalue weighted by molar-refractivity contribution is 5.90. The highest BCUT2D eigenvalue weighted by Crippen LogP contribution is 2.59. The van der Waals surface area contributed by atoms with Crippen LogP contribution >= 0.6 is 0 Å². The van der Waals surface area contributed by atoms with Crippen LogP contribution in [0.4, 0.5) is 10.5 Å². The predicted molar refractivity (Wildman–Crippen MR) is 122 cm³/mol. The summed E-state index contributed by atoms with van der Waals surface area (Å²) in [5, 5.41) is 5.38. The summed E-state index contributed by atoms with van der Waals surface area (Å²) in [6, 6.07) is 4.12. The van der Waals surface area contributed by atoms with Crippen molar-refractivity contribution in [2.75, 3.05) is 18.5 Å². The van der Waals surface area contributed by atoms with Gasteiger partial charge in [0.05, 0.1) is 24.7 Å². The second-order valence-electron chi connectivity index (χ2n) is 9.59. The first-order valence-electron chi connectivity index (χ1n) is 11.2. The van der Waals surface area contributed by atoms with Crippen LogP contribution in [0.15, 0.2) is 24.5 Å². The standard InChI is InChI=1S/C24H30N4O5/c1-15-7-8-17(19-20(15)31-14-24(19)9-10-24)32-21-26-12-16(13-27-21)28-18(29)6-5-11-25-22(30)33-23(2,3)4/h7-8,12-13H,5-6,9-11,14H2,1-4H3,(H,25,30)(H,28,29). The molecule has 1 spiro atoms. The third-order valence-electron chi connectivity index (χ3n) is 5.55. The fourth-order valence-electron chi connectivity index (χ4n) is 3.78. The number of anilines is 1. The quantitative estimate of drug-likeness (QED) is 0.602. The van der Waals surface area contributed by atoms with Gasteiger partial charge in [0.1, 0.15) is 17.1 Å². The van der Waals surface area contributed by atoms with Crippen molar-refractivity contribution in [2.45, 2.75) is 64.4 Å². The molecule has 0 radical (unpaired) electrons. The summed E-state index contributed by atoms with van der Waals surface area (Å²) in [6.45, 7) is 8.46. The molecular weight excluding hydrogens is 424 g/mol. The average molecular weight is 455 g/mol. The van der Waals surface area contributed by atoms with Gasteiger partial charge in [-0.1, -0.05) is 6.07 Å². The van der Waals surface area contributed by atoms with Gasteiger partial charge in [0.2, 0.25) is 5.91 Å². The number of hydrogen-bond donors (Lipinski definition) is 2. The number of alkyl carbamates (subject to hydrolysis) is 1. The van der Waals surface area contributed by atoms with Crippen molar-refractivity contribution >= 4 is 17.7 Å². The highest BCUT2D eigenvalue weighted by atomic mass is 16.6. The van der Waals surface area contributed by atoms with Gasteiger partial charge in [-0.05, 0) is 58.6 Å². The Bertz CT molecular complexity index is 1040. The molecule has 176 valence electrons. The van der Waals surface area contributed by atoms with Crippen molar-refractivity contribution in [2.24, 2.45) is 0 Å². The van der Waals surface area contributed by atoms with E-state index in [1.807, 2.05) is 19.1 Å².